The van der Waals surface area contributed by atoms with Gasteiger partial charge in [-0.3, -0.25) is 4.79 Å². The summed E-state index contributed by atoms with van der Waals surface area (Å²) in [6.45, 7) is 3.00. The number of rotatable bonds is 4. The van der Waals surface area contributed by atoms with Crippen LogP contribution in [0.15, 0.2) is 0 Å². The molecule has 2 rings (SSSR count). The summed E-state index contributed by atoms with van der Waals surface area (Å²) in [5, 5.41) is 14.9. The maximum Gasteiger partial charge on any atom is 0.315 e. The number of carbonyl (C=O) groups excluding carboxylic acids is 1. The fourth-order valence-electron chi connectivity index (χ4n) is 3.53. The van der Waals surface area contributed by atoms with Crippen molar-refractivity contribution >= 4 is 12.0 Å². The van der Waals surface area contributed by atoms with Crippen LogP contribution in [0, 0.1) is 17.8 Å². The van der Waals surface area contributed by atoms with Crippen molar-refractivity contribution in [2.75, 3.05) is 6.54 Å². The summed E-state index contributed by atoms with van der Waals surface area (Å²) >= 11 is 0. The van der Waals surface area contributed by atoms with Crippen molar-refractivity contribution in [3.8, 4) is 0 Å². The second-order valence-electron chi connectivity index (χ2n) is 6.54. The standard InChI is InChI=1S/C15H26N2O3/c1-10-5-6-11(7-10)9-16-15(20)17-13-4-2-3-12(8-13)14(18)19/h10-13H,2-9H2,1H3,(H,18,19)(H2,16,17,20). The second-order valence-corrected chi connectivity index (χ2v) is 6.54. The molecule has 0 bridgehead atoms. The van der Waals surface area contributed by atoms with Gasteiger partial charge in [-0.05, 0) is 43.9 Å². The Morgan fingerprint density at radius 2 is 1.95 bits per heavy atom. The molecular weight excluding hydrogens is 256 g/mol. The predicted octanol–water partition coefficient (Wildman–Crippen LogP) is 2.37. The van der Waals surface area contributed by atoms with Crippen LogP contribution >= 0.6 is 0 Å². The van der Waals surface area contributed by atoms with Crippen LogP contribution in [-0.4, -0.2) is 29.7 Å². The quantitative estimate of drug-likeness (QED) is 0.740. The SMILES string of the molecule is CC1CCC(CNC(=O)NC2CCCC(C(=O)O)C2)C1. The molecule has 0 aromatic rings. The smallest absolute Gasteiger partial charge is 0.315 e. The van der Waals surface area contributed by atoms with E-state index in [2.05, 4.69) is 17.6 Å². The average molecular weight is 282 g/mol. The van der Waals surface area contributed by atoms with E-state index in [1.807, 2.05) is 0 Å². The lowest BCUT2D eigenvalue weighted by Crippen LogP contribution is -2.45. The Morgan fingerprint density at radius 1 is 1.15 bits per heavy atom. The number of carbonyl (C=O) groups is 2. The van der Waals surface area contributed by atoms with Crippen LogP contribution in [-0.2, 0) is 4.79 Å². The van der Waals surface area contributed by atoms with E-state index >= 15 is 0 Å². The van der Waals surface area contributed by atoms with Crippen molar-refractivity contribution in [3.63, 3.8) is 0 Å². The lowest BCUT2D eigenvalue weighted by molar-refractivity contribution is -0.143. The van der Waals surface area contributed by atoms with Gasteiger partial charge < -0.3 is 15.7 Å². The molecule has 4 unspecified atom stereocenters. The van der Waals surface area contributed by atoms with E-state index in [1.54, 1.807) is 0 Å². The van der Waals surface area contributed by atoms with Crippen molar-refractivity contribution in [2.24, 2.45) is 17.8 Å². The van der Waals surface area contributed by atoms with Crippen LogP contribution in [0.2, 0.25) is 0 Å². The summed E-state index contributed by atoms with van der Waals surface area (Å²) in [4.78, 5) is 22.8. The summed E-state index contributed by atoms with van der Waals surface area (Å²) in [6.07, 6.45) is 6.71. The topological polar surface area (TPSA) is 78.4 Å². The van der Waals surface area contributed by atoms with E-state index in [-0.39, 0.29) is 18.0 Å². The van der Waals surface area contributed by atoms with E-state index in [9.17, 15) is 9.59 Å². The summed E-state index contributed by atoms with van der Waals surface area (Å²) in [6, 6.07) is -0.132. The molecule has 0 heterocycles. The molecule has 0 saturated heterocycles. The number of hydrogen-bond donors (Lipinski definition) is 3. The molecule has 0 spiro atoms. The number of urea groups is 1. The van der Waals surface area contributed by atoms with Gasteiger partial charge in [0.15, 0.2) is 0 Å². The summed E-state index contributed by atoms with van der Waals surface area (Å²) in [7, 11) is 0. The summed E-state index contributed by atoms with van der Waals surface area (Å²) in [5.74, 6) is 0.343. The van der Waals surface area contributed by atoms with Crippen LogP contribution in [0.4, 0.5) is 4.79 Å². The maximum atomic E-state index is 11.9. The highest BCUT2D eigenvalue weighted by Gasteiger charge is 2.28. The molecule has 0 aliphatic heterocycles. The van der Waals surface area contributed by atoms with Gasteiger partial charge in [0, 0.05) is 12.6 Å². The third kappa shape index (κ3) is 4.39. The number of nitrogens with one attached hydrogen (secondary N) is 2. The molecule has 5 heteroatoms. The fraction of sp³-hybridized carbons (Fsp3) is 0.867. The molecule has 2 amide bonds. The lowest BCUT2D eigenvalue weighted by atomic mass is 9.86. The molecule has 4 atom stereocenters. The van der Waals surface area contributed by atoms with Gasteiger partial charge in [-0.15, -0.1) is 0 Å². The van der Waals surface area contributed by atoms with E-state index in [1.165, 1.54) is 19.3 Å². The largest absolute Gasteiger partial charge is 0.481 e. The highest BCUT2D eigenvalue weighted by atomic mass is 16.4. The normalized spacial score (nSPS) is 33.6. The minimum atomic E-state index is -0.739. The van der Waals surface area contributed by atoms with Gasteiger partial charge in [-0.2, -0.15) is 0 Å². The number of aliphatic carboxylic acids is 1. The van der Waals surface area contributed by atoms with Gasteiger partial charge in [0.2, 0.25) is 0 Å². The number of hydrogen-bond acceptors (Lipinski definition) is 2. The van der Waals surface area contributed by atoms with E-state index in [0.717, 1.165) is 31.7 Å². The van der Waals surface area contributed by atoms with Crippen molar-refractivity contribution in [1.29, 1.82) is 0 Å². The van der Waals surface area contributed by atoms with Gasteiger partial charge in [0.1, 0.15) is 0 Å². The van der Waals surface area contributed by atoms with Crippen LogP contribution < -0.4 is 10.6 Å². The molecule has 2 aliphatic rings. The Bertz CT molecular complexity index is 359. The summed E-state index contributed by atoms with van der Waals surface area (Å²) < 4.78 is 0. The maximum absolute atomic E-state index is 11.9. The highest BCUT2D eigenvalue weighted by molar-refractivity contribution is 5.74. The molecule has 0 radical (unpaired) electrons. The Labute approximate surface area is 120 Å². The Kier molecular flexibility index (Phi) is 5.26. The van der Waals surface area contributed by atoms with Gasteiger partial charge >= 0.3 is 12.0 Å². The van der Waals surface area contributed by atoms with E-state index in [4.69, 9.17) is 5.11 Å². The zero-order valence-corrected chi connectivity index (χ0v) is 12.2. The monoisotopic (exact) mass is 282 g/mol. The van der Waals surface area contributed by atoms with E-state index < -0.39 is 5.97 Å². The van der Waals surface area contributed by atoms with Crippen LogP contribution in [0.3, 0.4) is 0 Å². The van der Waals surface area contributed by atoms with Gasteiger partial charge in [0.05, 0.1) is 5.92 Å². The third-order valence-electron chi connectivity index (χ3n) is 4.71. The number of carboxylic acids is 1. The van der Waals surface area contributed by atoms with Crippen molar-refractivity contribution in [3.05, 3.63) is 0 Å². The summed E-state index contributed by atoms with van der Waals surface area (Å²) in [5.41, 5.74) is 0. The van der Waals surface area contributed by atoms with Crippen LogP contribution in [0.1, 0.15) is 51.9 Å². The fourth-order valence-corrected chi connectivity index (χ4v) is 3.53. The number of carboxylic acid groups (broad SMARTS) is 1. The molecule has 2 saturated carbocycles. The molecule has 114 valence electrons. The molecule has 0 aromatic heterocycles. The third-order valence-corrected chi connectivity index (χ3v) is 4.71. The first-order valence-electron chi connectivity index (χ1n) is 7.81. The molecule has 2 aliphatic carbocycles. The first-order chi connectivity index (χ1) is 9.54. The number of amides is 2. The van der Waals surface area contributed by atoms with Crippen molar-refractivity contribution in [1.82, 2.24) is 10.6 Å². The zero-order chi connectivity index (χ0) is 14.5. The van der Waals surface area contributed by atoms with Gasteiger partial charge in [-0.25, -0.2) is 4.79 Å². The minimum absolute atomic E-state index is 0.00681. The minimum Gasteiger partial charge on any atom is -0.481 e. The Morgan fingerprint density at radius 3 is 2.60 bits per heavy atom. The van der Waals surface area contributed by atoms with Crippen molar-refractivity contribution < 1.29 is 14.7 Å². The predicted molar refractivity (Wildman–Crippen MR) is 76.4 cm³/mol. The molecule has 3 N–H and O–H groups in total. The lowest BCUT2D eigenvalue weighted by Gasteiger charge is -2.27. The van der Waals surface area contributed by atoms with Crippen LogP contribution in [0.5, 0.6) is 0 Å². The molecule has 2 fully saturated rings. The highest BCUT2D eigenvalue weighted by Crippen LogP contribution is 2.29. The van der Waals surface area contributed by atoms with Gasteiger partial charge in [0.25, 0.3) is 0 Å². The first-order valence-corrected chi connectivity index (χ1v) is 7.81. The molecular formula is C15H26N2O3. The molecule has 0 aromatic carbocycles. The Hall–Kier alpha value is -1.26. The zero-order valence-electron chi connectivity index (χ0n) is 12.2. The van der Waals surface area contributed by atoms with E-state index in [0.29, 0.717) is 12.3 Å². The first kappa shape index (κ1) is 15.1. The average Bonchev–Trinajstić information content (AvgIpc) is 2.82. The van der Waals surface area contributed by atoms with Gasteiger partial charge in [-0.1, -0.05) is 19.8 Å². The second kappa shape index (κ2) is 6.95. The Balaban J connectivity index is 1.67. The molecule has 20 heavy (non-hydrogen) atoms. The van der Waals surface area contributed by atoms with Crippen molar-refractivity contribution in [2.45, 2.75) is 57.9 Å². The molecule has 5 nitrogen and oxygen atoms in total. The van der Waals surface area contributed by atoms with Crippen LogP contribution in [0.25, 0.3) is 0 Å².